The van der Waals surface area contributed by atoms with Crippen LogP contribution in [0.25, 0.3) is 0 Å². The highest BCUT2D eigenvalue weighted by molar-refractivity contribution is 4.76. The molecule has 0 N–H and O–H groups in total. The molecule has 0 saturated heterocycles. The highest BCUT2D eigenvalue weighted by Crippen LogP contribution is 2.36. The van der Waals surface area contributed by atoms with Crippen LogP contribution in [-0.4, -0.2) is 0 Å². The predicted molar refractivity (Wildman–Crippen MR) is 50.6 cm³/mol. The van der Waals surface area contributed by atoms with E-state index in [4.69, 9.17) is 0 Å². The van der Waals surface area contributed by atoms with Gasteiger partial charge in [-0.05, 0) is 24.2 Å². The molecular weight excluding hydrogens is 132 g/mol. The predicted octanol–water partition coefficient (Wildman–Crippen LogP) is 3.86. The van der Waals surface area contributed by atoms with Crippen LogP contribution in [0.4, 0.5) is 0 Å². The Bertz CT molecular complexity index is 105. The van der Waals surface area contributed by atoms with Crippen LogP contribution in [-0.2, 0) is 0 Å². The first-order chi connectivity index (χ1) is 5.25. The fraction of sp³-hybridized carbons (Fsp3) is 1.00. The third-order valence-corrected chi connectivity index (χ3v) is 3.35. The van der Waals surface area contributed by atoms with Crippen LogP contribution < -0.4 is 0 Å². The van der Waals surface area contributed by atoms with Crippen molar-refractivity contribution in [3.05, 3.63) is 0 Å². The maximum absolute atomic E-state index is 2.39. The van der Waals surface area contributed by atoms with E-state index in [9.17, 15) is 0 Å². The maximum atomic E-state index is 2.39. The third-order valence-electron chi connectivity index (χ3n) is 3.35. The zero-order valence-corrected chi connectivity index (χ0v) is 8.27. The Morgan fingerprint density at radius 2 is 1.82 bits per heavy atom. The van der Waals surface area contributed by atoms with Gasteiger partial charge in [-0.25, -0.2) is 0 Å². The molecule has 1 aliphatic rings. The van der Waals surface area contributed by atoms with Gasteiger partial charge in [0.2, 0.25) is 0 Å². The molecule has 0 aromatic rings. The molecule has 1 saturated carbocycles. The Hall–Kier alpha value is 0. The van der Waals surface area contributed by atoms with E-state index in [2.05, 4.69) is 20.8 Å². The van der Waals surface area contributed by atoms with Gasteiger partial charge in [-0.15, -0.1) is 0 Å². The number of hydrogen-bond acceptors (Lipinski definition) is 0. The molecule has 0 unspecified atom stereocenters. The highest BCUT2D eigenvalue weighted by Gasteiger charge is 2.25. The largest absolute Gasteiger partial charge is 0.0651 e. The second-order valence-electron chi connectivity index (χ2n) is 4.36. The normalized spacial score (nSPS) is 32.7. The monoisotopic (exact) mass is 154 g/mol. The van der Waals surface area contributed by atoms with Crippen molar-refractivity contribution < 1.29 is 0 Å². The smallest absolute Gasteiger partial charge is 0.0363 e. The topological polar surface area (TPSA) is 0 Å². The first-order valence-electron chi connectivity index (χ1n) is 5.25. The van der Waals surface area contributed by atoms with Gasteiger partial charge >= 0.3 is 0 Å². The molecule has 0 aromatic carbocycles. The summed E-state index contributed by atoms with van der Waals surface area (Å²) in [6.07, 6.45) is 7.37. The van der Waals surface area contributed by atoms with Crippen molar-refractivity contribution in [3.8, 4) is 0 Å². The van der Waals surface area contributed by atoms with Crippen molar-refractivity contribution in [2.75, 3.05) is 0 Å². The minimum absolute atomic E-state index is 0.917. The van der Waals surface area contributed by atoms with Crippen LogP contribution in [0.5, 0.6) is 0 Å². The Morgan fingerprint density at radius 1 is 1.18 bits per heavy atom. The summed E-state index contributed by atoms with van der Waals surface area (Å²) in [7, 11) is 0. The summed E-state index contributed by atoms with van der Waals surface area (Å²) >= 11 is 0. The van der Waals surface area contributed by atoms with Crippen LogP contribution in [0.3, 0.4) is 0 Å². The minimum atomic E-state index is 0.917. The van der Waals surface area contributed by atoms with Crippen molar-refractivity contribution in [3.63, 3.8) is 0 Å². The maximum Gasteiger partial charge on any atom is -0.0363 e. The first kappa shape index (κ1) is 9.09. The van der Waals surface area contributed by atoms with Gasteiger partial charge in [0.15, 0.2) is 0 Å². The average molecular weight is 154 g/mol. The molecule has 0 radical (unpaired) electrons. The lowest BCUT2D eigenvalue weighted by atomic mass is 9.72. The number of hydrogen-bond donors (Lipinski definition) is 0. The first-order valence-corrected chi connectivity index (χ1v) is 5.25. The van der Waals surface area contributed by atoms with Crippen LogP contribution in [0, 0.1) is 17.8 Å². The summed E-state index contributed by atoms with van der Waals surface area (Å²) in [5.41, 5.74) is 0. The summed E-state index contributed by atoms with van der Waals surface area (Å²) in [4.78, 5) is 0. The molecular formula is C11H22. The molecule has 0 spiro atoms. The van der Waals surface area contributed by atoms with E-state index < -0.39 is 0 Å². The molecule has 66 valence electrons. The molecule has 0 bridgehead atoms. The minimum Gasteiger partial charge on any atom is -0.0651 e. The summed E-state index contributed by atoms with van der Waals surface area (Å²) in [6.45, 7) is 7.13. The SMILES string of the molecule is CC[C@H]1CCCC[C@@H]1C(C)C. The van der Waals surface area contributed by atoms with E-state index in [0.29, 0.717) is 0 Å². The molecule has 0 amide bonds. The summed E-state index contributed by atoms with van der Waals surface area (Å²) in [5.74, 6) is 3.00. The van der Waals surface area contributed by atoms with Crippen molar-refractivity contribution >= 4 is 0 Å². The Labute approximate surface area is 71.4 Å². The lowest BCUT2D eigenvalue weighted by Gasteiger charge is -2.33. The summed E-state index contributed by atoms with van der Waals surface area (Å²) < 4.78 is 0. The molecule has 0 aromatic heterocycles. The quantitative estimate of drug-likeness (QED) is 0.566. The fourth-order valence-electron chi connectivity index (χ4n) is 2.62. The van der Waals surface area contributed by atoms with Crippen molar-refractivity contribution in [2.45, 2.75) is 52.9 Å². The second kappa shape index (κ2) is 4.13. The standard InChI is InChI=1S/C11H22/c1-4-10-7-5-6-8-11(10)9(2)3/h9-11H,4-8H2,1-3H3/t10-,11+/m0/s1. The van der Waals surface area contributed by atoms with Gasteiger partial charge in [0, 0.05) is 0 Å². The Balaban J connectivity index is 2.44. The molecule has 1 aliphatic carbocycles. The van der Waals surface area contributed by atoms with Gasteiger partial charge in [-0.1, -0.05) is 46.5 Å². The van der Waals surface area contributed by atoms with Crippen molar-refractivity contribution in [1.82, 2.24) is 0 Å². The van der Waals surface area contributed by atoms with E-state index in [1.54, 1.807) is 0 Å². The van der Waals surface area contributed by atoms with Gasteiger partial charge in [0.05, 0.1) is 0 Å². The highest BCUT2D eigenvalue weighted by atomic mass is 14.3. The second-order valence-corrected chi connectivity index (χ2v) is 4.36. The molecule has 1 fully saturated rings. The average Bonchev–Trinajstić information content (AvgIpc) is 2.04. The summed E-state index contributed by atoms with van der Waals surface area (Å²) in [6, 6.07) is 0. The van der Waals surface area contributed by atoms with Crippen molar-refractivity contribution in [1.29, 1.82) is 0 Å². The molecule has 0 heterocycles. The van der Waals surface area contributed by atoms with Crippen LogP contribution in [0.2, 0.25) is 0 Å². The van der Waals surface area contributed by atoms with Gasteiger partial charge in [-0.3, -0.25) is 0 Å². The van der Waals surface area contributed by atoms with E-state index in [-0.39, 0.29) is 0 Å². The molecule has 11 heavy (non-hydrogen) atoms. The molecule has 1 rings (SSSR count). The molecule has 2 atom stereocenters. The third kappa shape index (κ3) is 2.21. The molecule has 0 nitrogen and oxygen atoms in total. The summed E-state index contributed by atoms with van der Waals surface area (Å²) in [5, 5.41) is 0. The van der Waals surface area contributed by atoms with Gasteiger partial charge < -0.3 is 0 Å². The Morgan fingerprint density at radius 3 is 2.27 bits per heavy atom. The van der Waals surface area contributed by atoms with E-state index in [0.717, 1.165) is 17.8 Å². The van der Waals surface area contributed by atoms with Gasteiger partial charge in [-0.2, -0.15) is 0 Å². The lowest BCUT2D eigenvalue weighted by molar-refractivity contribution is 0.175. The molecule has 0 aliphatic heterocycles. The zero-order chi connectivity index (χ0) is 8.27. The molecule has 0 heteroatoms. The van der Waals surface area contributed by atoms with E-state index >= 15 is 0 Å². The van der Waals surface area contributed by atoms with Crippen LogP contribution in [0.1, 0.15) is 52.9 Å². The van der Waals surface area contributed by atoms with E-state index in [1.165, 1.54) is 32.1 Å². The fourth-order valence-corrected chi connectivity index (χ4v) is 2.62. The lowest BCUT2D eigenvalue weighted by Crippen LogP contribution is -2.23. The van der Waals surface area contributed by atoms with Gasteiger partial charge in [0.1, 0.15) is 0 Å². The van der Waals surface area contributed by atoms with Crippen LogP contribution in [0.15, 0.2) is 0 Å². The van der Waals surface area contributed by atoms with Crippen molar-refractivity contribution in [2.24, 2.45) is 17.8 Å². The van der Waals surface area contributed by atoms with E-state index in [1.807, 2.05) is 0 Å². The Kier molecular flexibility index (Phi) is 3.42. The zero-order valence-electron chi connectivity index (χ0n) is 8.27. The number of rotatable bonds is 2. The van der Waals surface area contributed by atoms with Gasteiger partial charge in [0.25, 0.3) is 0 Å². The van der Waals surface area contributed by atoms with Crippen LogP contribution >= 0.6 is 0 Å².